The Morgan fingerprint density at radius 1 is 1.12 bits per heavy atom. The van der Waals surface area contributed by atoms with E-state index in [0.29, 0.717) is 24.7 Å². The molecule has 3 amide bonds. The van der Waals surface area contributed by atoms with Crippen molar-refractivity contribution in [2.24, 2.45) is 5.10 Å². The van der Waals surface area contributed by atoms with Crippen molar-refractivity contribution >= 4 is 18.2 Å². The number of rotatable bonds is 7. The molecule has 1 aliphatic heterocycles. The summed E-state index contributed by atoms with van der Waals surface area (Å²) in [5, 5.41) is 7.27. The molecule has 0 unspecified atom stereocenters. The second kappa shape index (κ2) is 8.15. The standard InChI is InChI=1S/C19H19N3O4/c1-2-25-17-10-15(11-20-22-12-18(23)21-19(22)24)8-9-16(17)26-13-14-6-4-3-5-7-14/h3-11H,2,12-13H2,1H3,(H,21,23,24)/b20-11-. The van der Waals surface area contributed by atoms with Crippen LogP contribution in [0.4, 0.5) is 4.79 Å². The van der Waals surface area contributed by atoms with Gasteiger partial charge in [-0.15, -0.1) is 0 Å². The highest BCUT2D eigenvalue weighted by Gasteiger charge is 2.25. The first-order valence-corrected chi connectivity index (χ1v) is 8.24. The summed E-state index contributed by atoms with van der Waals surface area (Å²) in [6, 6.07) is 14.7. The maximum atomic E-state index is 11.5. The van der Waals surface area contributed by atoms with Gasteiger partial charge in [0.05, 0.1) is 12.8 Å². The molecular weight excluding hydrogens is 334 g/mol. The Labute approximate surface area is 151 Å². The average Bonchev–Trinajstić information content (AvgIpc) is 2.97. The Balaban J connectivity index is 1.71. The van der Waals surface area contributed by atoms with Crippen molar-refractivity contribution in [2.45, 2.75) is 13.5 Å². The highest BCUT2D eigenvalue weighted by molar-refractivity contribution is 6.02. The van der Waals surface area contributed by atoms with E-state index in [1.807, 2.05) is 43.3 Å². The fraction of sp³-hybridized carbons (Fsp3) is 0.211. The maximum absolute atomic E-state index is 11.5. The van der Waals surface area contributed by atoms with Crippen LogP contribution < -0.4 is 14.8 Å². The molecule has 134 valence electrons. The topological polar surface area (TPSA) is 80.2 Å². The molecule has 7 nitrogen and oxygen atoms in total. The molecular formula is C19H19N3O4. The minimum absolute atomic E-state index is 0.0775. The van der Waals surface area contributed by atoms with Crippen LogP contribution in [-0.4, -0.2) is 36.3 Å². The van der Waals surface area contributed by atoms with Crippen LogP contribution >= 0.6 is 0 Å². The van der Waals surface area contributed by atoms with Crippen molar-refractivity contribution < 1.29 is 19.1 Å². The van der Waals surface area contributed by atoms with E-state index >= 15 is 0 Å². The first-order chi connectivity index (χ1) is 12.7. The van der Waals surface area contributed by atoms with Gasteiger partial charge in [-0.25, -0.2) is 9.80 Å². The number of hydrogen-bond acceptors (Lipinski definition) is 5. The molecule has 1 saturated heterocycles. The first-order valence-electron chi connectivity index (χ1n) is 8.24. The van der Waals surface area contributed by atoms with Crippen LogP contribution in [0.25, 0.3) is 0 Å². The van der Waals surface area contributed by atoms with Crippen molar-refractivity contribution in [1.82, 2.24) is 10.3 Å². The van der Waals surface area contributed by atoms with Gasteiger partial charge in [0.25, 0.3) is 0 Å². The van der Waals surface area contributed by atoms with Crippen LogP contribution in [-0.2, 0) is 11.4 Å². The van der Waals surface area contributed by atoms with Gasteiger partial charge in [-0.05, 0) is 36.2 Å². The van der Waals surface area contributed by atoms with Crippen LogP contribution in [0.5, 0.6) is 11.5 Å². The molecule has 1 fully saturated rings. The summed E-state index contributed by atoms with van der Waals surface area (Å²) in [5.41, 5.74) is 1.79. The number of hydrazone groups is 1. The van der Waals surface area contributed by atoms with E-state index in [2.05, 4.69) is 10.4 Å². The van der Waals surface area contributed by atoms with Crippen molar-refractivity contribution in [3.8, 4) is 11.5 Å². The van der Waals surface area contributed by atoms with Gasteiger partial charge >= 0.3 is 6.03 Å². The van der Waals surface area contributed by atoms with E-state index in [0.717, 1.165) is 16.1 Å². The second-order valence-electron chi connectivity index (χ2n) is 5.57. The summed E-state index contributed by atoms with van der Waals surface area (Å²) < 4.78 is 11.5. The summed E-state index contributed by atoms with van der Waals surface area (Å²) in [4.78, 5) is 22.6. The van der Waals surface area contributed by atoms with E-state index in [4.69, 9.17) is 9.47 Å². The van der Waals surface area contributed by atoms with Crippen LogP contribution in [0.1, 0.15) is 18.1 Å². The maximum Gasteiger partial charge on any atom is 0.344 e. The number of ether oxygens (including phenoxy) is 2. The van der Waals surface area contributed by atoms with Crippen LogP contribution in [0.15, 0.2) is 53.6 Å². The minimum atomic E-state index is -0.529. The molecule has 0 radical (unpaired) electrons. The van der Waals surface area contributed by atoms with Crippen molar-refractivity contribution in [2.75, 3.05) is 13.2 Å². The third kappa shape index (κ3) is 4.38. The van der Waals surface area contributed by atoms with Crippen LogP contribution in [0.2, 0.25) is 0 Å². The molecule has 0 aromatic heterocycles. The zero-order chi connectivity index (χ0) is 18.4. The van der Waals surface area contributed by atoms with Crippen molar-refractivity contribution in [3.63, 3.8) is 0 Å². The number of carbonyl (C=O) groups is 2. The van der Waals surface area contributed by atoms with E-state index < -0.39 is 6.03 Å². The molecule has 0 saturated carbocycles. The Morgan fingerprint density at radius 2 is 1.92 bits per heavy atom. The molecule has 26 heavy (non-hydrogen) atoms. The Morgan fingerprint density at radius 3 is 2.62 bits per heavy atom. The molecule has 1 N–H and O–H groups in total. The minimum Gasteiger partial charge on any atom is -0.490 e. The van der Waals surface area contributed by atoms with E-state index in [9.17, 15) is 9.59 Å². The third-order valence-corrected chi connectivity index (χ3v) is 3.63. The molecule has 0 bridgehead atoms. The largest absolute Gasteiger partial charge is 0.490 e. The lowest BCUT2D eigenvalue weighted by Gasteiger charge is -2.13. The van der Waals surface area contributed by atoms with Gasteiger partial charge in [0, 0.05) is 0 Å². The number of nitrogens with one attached hydrogen (secondary N) is 1. The van der Waals surface area contributed by atoms with Crippen molar-refractivity contribution in [3.05, 3.63) is 59.7 Å². The number of urea groups is 1. The first kappa shape index (κ1) is 17.5. The summed E-state index contributed by atoms with van der Waals surface area (Å²) in [7, 11) is 0. The monoisotopic (exact) mass is 353 g/mol. The molecule has 0 spiro atoms. The van der Waals surface area contributed by atoms with Gasteiger partial charge in [-0.3, -0.25) is 10.1 Å². The highest BCUT2D eigenvalue weighted by atomic mass is 16.5. The normalized spacial score (nSPS) is 14.0. The highest BCUT2D eigenvalue weighted by Crippen LogP contribution is 2.29. The van der Waals surface area contributed by atoms with Gasteiger partial charge in [0.1, 0.15) is 13.2 Å². The Hall–Kier alpha value is -3.35. The lowest BCUT2D eigenvalue weighted by atomic mass is 10.2. The summed E-state index contributed by atoms with van der Waals surface area (Å²) >= 11 is 0. The fourth-order valence-electron chi connectivity index (χ4n) is 2.39. The predicted octanol–water partition coefficient (Wildman–Crippen LogP) is 2.55. The van der Waals surface area contributed by atoms with Gasteiger partial charge in [-0.1, -0.05) is 30.3 Å². The fourth-order valence-corrected chi connectivity index (χ4v) is 2.39. The van der Waals surface area contributed by atoms with Crippen LogP contribution in [0, 0.1) is 0 Å². The molecule has 1 heterocycles. The molecule has 7 heteroatoms. The van der Waals surface area contributed by atoms with Gasteiger partial charge in [-0.2, -0.15) is 5.10 Å². The van der Waals surface area contributed by atoms with E-state index in [1.165, 1.54) is 6.21 Å². The Bertz CT molecular complexity index is 821. The van der Waals surface area contributed by atoms with Gasteiger partial charge in [0.15, 0.2) is 11.5 Å². The number of benzene rings is 2. The lowest BCUT2D eigenvalue weighted by molar-refractivity contribution is -0.118. The molecule has 1 aliphatic rings. The van der Waals surface area contributed by atoms with Crippen LogP contribution in [0.3, 0.4) is 0 Å². The predicted molar refractivity (Wildman–Crippen MR) is 96.2 cm³/mol. The van der Waals surface area contributed by atoms with Crippen molar-refractivity contribution in [1.29, 1.82) is 0 Å². The summed E-state index contributed by atoms with van der Waals surface area (Å²) in [5.74, 6) is 0.850. The number of imide groups is 1. The average molecular weight is 353 g/mol. The Kier molecular flexibility index (Phi) is 5.48. The smallest absolute Gasteiger partial charge is 0.344 e. The number of amides is 3. The van der Waals surface area contributed by atoms with E-state index in [-0.39, 0.29) is 12.5 Å². The summed E-state index contributed by atoms with van der Waals surface area (Å²) in [6.07, 6.45) is 1.50. The number of hydrogen-bond donors (Lipinski definition) is 1. The van der Waals surface area contributed by atoms with Gasteiger partial charge in [0.2, 0.25) is 5.91 Å². The SMILES string of the molecule is CCOc1cc(/C=N\N2CC(=O)NC2=O)ccc1OCc1ccccc1. The quantitative estimate of drug-likeness (QED) is 0.613. The molecule has 2 aromatic carbocycles. The van der Waals surface area contributed by atoms with Gasteiger partial charge < -0.3 is 9.47 Å². The number of carbonyl (C=O) groups excluding carboxylic acids is 2. The molecule has 0 aliphatic carbocycles. The zero-order valence-corrected chi connectivity index (χ0v) is 14.3. The third-order valence-electron chi connectivity index (χ3n) is 3.63. The zero-order valence-electron chi connectivity index (χ0n) is 14.3. The molecule has 3 rings (SSSR count). The summed E-state index contributed by atoms with van der Waals surface area (Å²) in [6.45, 7) is 2.74. The van der Waals surface area contributed by atoms with E-state index in [1.54, 1.807) is 12.1 Å². The molecule has 0 atom stereocenters. The number of nitrogens with zero attached hydrogens (tertiary/aromatic N) is 2. The second-order valence-corrected chi connectivity index (χ2v) is 5.57. The lowest BCUT2D eigenvalue weighted by Crippen LogP contribution is -2.24. The molecule has 2 aromatic rings.